The van der Waals surface area contributed by atoms with Crippen LogP contribution in [0.15, 0.2) is 17.7 Å². The molecule has 0 saturated heterocycles. The second kappa shape index (κ2) is 2.03. The standard InChI is InChI=1S/C7H10N/c1-6-3-4-7(2)8-5-6/h3-4,7-8H,1-2H3. The van der Waals surface area contributed by atoms with E-state index in [-0.39, 0.29) is 0 Å². The summed E-state index contributed by atoms with van der Waals surface area (Å²) in [7, 11) is 0. The van der Waals surface area contributed by atoms with Gasteiger partial charge in [-0.2, -0.15) is 0 Å². The second-order valence-corrected chi connectivity index (χ2v) is 2.10. The van der Waals surface area contributed by atoms with Gasteiger partial charge in [-0.25, -0.2) is 0 Å². The molecular formula is C7H10N. The van der Waals surface area contributed by atoms with Crippen LogP contribution in [0.1, 0.15) is 13.8 Å². The van der Waals surface area contributed by atoms with Crippen molar-refractivity contribution in [3.8, 4) is 0 Å². The highest BCUT2D eigenvalue weighted by molar-refractivity contribution is 5.17. The first-order valence-corrected chi connectivity index (χ1v) is 2.82. The van der Waals surface area contributed by atoms with Crippen LogP contribution in [0.4, 0.5) is 0 Å². The summed E-state index contributed by atoms with van der Waals surface area (Å²) in [6.45, 7) is 4.12. The summed E-state index contributed by atoms with van der Waals surface area (Å²) in [5, 5.41) is 3.06. The van der Waals surface area contributed by atoms with Crippen molar-refractivity contribution in [1.29, 1.82) is 0 Å². The van der Waals surface area contributed by atoms with Gasteiger partial charge in [0.25, 0.3) is 0 Å². The fraction of sp³-hybridized carbons (Fsp3) is 0.429. The molecule has 0 fully saturated rings. The Morgan fingerprint density at radius 1 is 1.75 bits per heavy atom. The minimum atomic E-state index is 0.457. The molecule has 8 heavy (non-hydrogen) atoms. The predicted molar refractivity (Wildman–Crippen MR) is 34.2 cm³/mol. The van der Waals surface area contributed by atoms with Crippen molar-refractivity contribution in [3.05, 3.63) is 23.9 Å². The van der Waals surface area contributed by atoms with Crippen LogP contribution in [0.5, 0.6) is 0 Å². The lowest BCUT2D eigenvalue weighted by molar-refractivity contribution is 0.734. The number of allylic oxidation sites excluding steroid dienone is 2. The molecule has 1 N–H and O–H groups in total. The van der Waals surface area contributed by atoms with Gasteiger partial charge in [-0.15, -0.1) is 0 Å². The third-order valence-electron chi connectivity index (χ3n) is 1.13. The first kappa shape index (κ1) is 5.42. The van der Waals surface area contributed by atoms with Crippen molar-refractivity contribution in [3.63, 3.8) is 0 Å². The zero-order valence-electron chi connectivity index (χ0n) is 5.23. The highest BCUT2D eigenvalue weighted by Gasteiger charge is 1.96. The minimum absolute atomic E-state index is 0.457. The van der Waals surface area contributed by atoms with Crippen LogP contribution in [-0.2, 0) is 0 Å². The molecule has 0 aromatic heterocycles. The second-order valence-electron chi connectivity index (χ2n) is 2.10. The first-order chi connectivity index (χ1) is 3.79. The Hall–Kier alpha value is -0.720. The van der Waals surface area contributed by atoms with Crippen LogP contribution in [0.3, 0.4) is 0 Å². The average Bonchev–Trinajstić information content (AvgIpc) is 1.77. The maximum Gasteiger partial charge on any atom is 0.0613 e. The van der Waals surface area contributed by atoms with E-state index in [0.29, 0.717) is 6.04 Å². The quantitative estimate of drug-likeness (QED) is 0.492. The molecule has 0 amide bonds. The lowest BCUT2D eigenvalue weighted by atomic mass is 10.2. The van der Waals surface area contributed by atoms with Crippen LogP contribution in [0.2, 0.25) is 0 Å². The Bertz CT molecular complexity index is 133. The van der Waals surface area contributed by atoms with Gasteiger partial charge >= 0.3 is 0 Å². The third-order valence-corrected chi connectivity index (χ3v) is 1.13. The molecule has 0 saturated carbocycles. The van der Waals surface area contributed by atoms with Crippen molar-refractivity contribution in [1.82, 2.24) is 5.32 Å². The smallest absolute Gasteiger partial charge is 0.0613 e. The molecule has 1 unspecified atom stereocenters. The Kier molecular flexibility index (Phi) is 1.38. The van der Waals surface area contributed by atoms with E-state index in [0.717, 1.165) is 0 Å². The number of dihydropyridines is 1. The summed E-state index contributed by atoms with van der Waals surface area (Å²) in [6.07, 6.45) is 7.20. The lowest BCUT2D eigenvalue weighted by Crippen LogP contribution is -2.20. The Morgan fingerprint density at radius 2 is 2.50 bits per heavy atom. The van der Waals surface area contributed by atoms with E-state index in [1.54, 1.807) is 0 Å². The summed E-state index contributed by atoms with van der Waals surface area (Å²) in [5.41, 5.74) is 1.17. The fourth-order valence-corrected chi connectivity index (χ4v) is 0.606. The van der Waals surface area contributed by atoms with E-state index in [1.807, 2.05) is 6.92 Å². The van der Waals surface area contributed by atoms with E-state index in [9.17, 15) is 0 Å². The largest absolute Gasteiger partial charge is 0.377 e. The Morgan fingerprint density at radius 3 is 2.88 bits per heavy atom. The van der Waals surface area contributed by atoms with Crippen LogP contribution in [0, 0.1) is 6.20 Å². The van der Waals surface area contributed by atoms with Crippen molar-refractivity contribution < 1.29 is 0 Å². The molecule has 1 radical (unpaired) electrons. The Labute approximate surface area is 50.1 Å². The molecule has 1 rings (SSSR count). The van der Waals surface area contributed by atoms with Gasteiger partial charge in [-0.1, -0.05) is 12.2 Å². The van der Waals surface area contributed by atoms with Gasteiger partial charge < -0.3 is 5.32 Å². The highest BCUT2D eigenvalue weighted by atomic mass is 14.9. The first-order valence-electron chi connectivity index (χ1n) is 2.82. The molecule has 0 aromatic rings. The molecule has 1 aliphatic heterocycles. The minimum Gasteiger partial charge on any atom is -0.377 e. The number of hydrogen-bond acceptors (Lipinski definition) is 1. The van der Waals surface area contributed by atoms with Gasteiger partial charge in [-0.3, -0.25) is 0 Å². The van der Waals surface area contributed by atoms with E-state index >= 15 is 0 Å². The van der Waals surface area contributed by atoms with Gasteiger partial charge in [0.1, 0.15) is 0 Å². The van der Waals surface area contributed by atoms with Crippen molar-refractivity contribution >= 4 is 0 Å². The summed E-state index contributed by atoms with van der Waals surface area (Å²) >= 11 is 0. The molecule has 0 spiro atoms. The monoisotopic (exact) mass is 108 g/mol. The molecule has 1 nitrogen and oxygen atoms in total. The van der Waals surface area contributed by atoms with Crippen molar-refractivity contribution in [2.45, 2.75) is 19.9 Å². The molecule has 1 aliphatic rings. The van der Waals surface area contributed by atoms with E-state index < -0.39 is 0 Å². The van der Waals surface area contributed by atoms with E-state index in [2.05, 4.69) is 30.6 Å². The topological polar surface area (TPSA) is 12.0 Å². The molecule has 43 valence electrons. The normalized spacial score (nSPS) is 26.8. The van der Waals surface area contributed by atoms with Gasteiger partial charge in [0, 0.05) is 6.04 Å². The summed E-state index contributed by atoms with van der Waals surface area (Å²) in [4.78, 5) is 0. The summed E-state index contributed by atoms with van der Waals surface area (Å²) in [6, 6.07) is 0.457. The number of nitrogens with one attached hydrogen (secondary N) is 1. The van der Waals surface area contributed by atoms with Gasteiger partial charge in [-0.05, 0) is 19.4 Å². The van der Waals surface area contributed by atoms with E-state index in [1.165, 1.54) is 5.57 Å². The average molecular weight is 108 g/mol. The predicted octanol–water partition coefficient (Wildman–Crippen LogP) is 1.24. The zero-order chi connectivity index (χ0) is 5.98. The van der Waals surface area contributed by atoms with Crippen molar-refractivity contribution in [2.24, 2.45) is 0 Å². The number of rotatable bonds is 0. The van der Waals surface area contributed by atoms with Crippen LogP contribution < -0.4 is 5.32 Å². The summed E-state index contributed by atoms with van der Waals surface area (Å²) < 4.78 is 0. The molecule has 0 aromatic carbocycles. The highest BCUT2D eigenvalue weighted by Crippen LogP contribution is 1.99. The van der Waals surface area contributed by atoms with Crippen LogP contribution >= 0.6 is 0 Å². The number of hydrogen-bond donors (Lipinski definition) is 1. The zero-order valence-corrected chi connectivity index (χ0v) is 5.23. The molecule has 1 heteroatoms. The summed E-state index contributed by atoms with van der Waals surface area (Å²) in [5.74, 6) is 0. The van der Waals surface area contributed by atoms with Gasteiger partial charge in [0.05, 0.1) is 6.20 Å². The van der Waals surface area contributed by atoms with Crippen LogP contribution in [-0.4, -0.2) is 6.04 Å². The molecule has 0 aliphatic carbocycles. The molecule has 0 bridgehead atoms. The maximum absolute atomic E-state index is 3.06. The molecule has 1 atom stereocenters. The van der Waals surface area contributed by atoms with Crippen LogP contribution in [0.25, 0.3) is 0 Å². The fourth-order valence-electron chi connectivity index (χ4n) is 0.606. The maximum atomic E-state index is 3.06. The lowest BCUT2D eigenvalue weighted by Gasteiger charge is -2.09. The van der Waals surface area contributed by atoms with Crippen molar-refractivity contribution in [2.75, 3.05) is 0 Å². The SMILES string of the molecule is CC1=[C]NC(C)C=C1. The van der Waals surface area contributed by atoms with Gasteiger partial charge in [0.2, 0.25) is 0 Å². The van der Waals surface area contributed by atoms with E-state index in [4.69, 9.17) is 0 Å². The molecule has 1 heterocycles. The van der Waals surface area contributed by atoms with Gasteiger partial charge in [0.15, 0.2) is 0 Å². The molecular weight excluding hydrogens is 98.1 g/mol. The third kappa shape index (κ3) is 1.12. The Balaban J connectivity index is 2.58.